The molecule has 3 heteroatoms. The van der Waals surface area contributed by atoms with Crippen LogP contribution in [-0.4, -0.2) is 5.97 Å². The summed E-state index contributed by atoms with van der Waals surface area (Å²) in [5.74, 6) is 4.63. The zero-order valence-electron chi connectivity index (χ0n) is 5.04. The molecule has 0 aromatic heterocycles. The summed E-state index contributed by atoms with van der Waals surface area (Å²) >= 11 is 0. The van der Waals surface area contributed by atoms with E-state index in [1.54, 1.807) is 6.08 Å². The van der Waals surface area contributed by atoms with E-state index in [0.29, 0.717) is 5.92 Å². The molecule has 0 aliphatic heterocycles. The lowest BCUT2D eigenvalue weighted by molar-refractivity contribution is -0.145. The van der Waals surface area contributed by atoms with Crippen molar-refractivity contribution >= 4 is 5.97 Å². The smallest absolute Gasteiger partial charge is 0.328 e. The van der Waals surface area contributed by atoms with Crippen LogP contribution in [0.2, 0.25) is 0 Å². The maximum atomic E-state index is 10.5. The Bertz CT molecular complexity index is 144. The van der Waals surface area contributed by atoms with Crippen molar-refractivity contribution in [2.45, 2.75) is 6.42 Å². The van der Waals surface area contributed by atoms with Crippen LogP contribution in [-0.2, 0) is 9.63 Å². The first kappa shape index (κ1) is 6.29. The SMILES string of the molecule is C=CC1CC1C(=O)ON. The van der Waals surface area contributed by atoms with Crippen LogP contribution in [0.3, 0.4) is 0 Å². The normalized spacial score (nSPS) is 31.2. The molecule has 50 valence electrons. The number of nitrogens with two attached hydrogens (primary N) is 1. The van der Waals surface area contributed by atoms with E-state index in [9.17, 15) is 4.79 Å². The molecule has 0 amide bonds. The first-order chi connectivity index (χ1) is 4.29. The predicted molar refractivity (Wildman–Crippen MR) is 32.1 cm³/mol. The summed E-state index contributed by atoms with van der Waals surface area (Å²) in [4.78, 5) is 14.6. The van der Waals surface area contributed by atoms with Crippen LogP contribution in [0.4, 0.5) is 0 Å². The van der Waals surface area contributed by atoms with Gasteiger partial charge in [-0.05, 0) is 12.3 Å². The van der Waals surface area contributed by atoms with Crippen LogP contribution in [0.15, 0.2) is 12.7 Å². The third-order valence-corrected chi connectivity index (χ3v) is 1.56. The summed E-state index contributed by atoms with van der Waals surface area (Å²) in [7, 11) is 0. The second-order valence-electron chi connectivity index (χ2n) is 2.18. The highest BCUT2D eigenvalue weighted by Gasteiger charge is 2.41. The van der Waals surface area contributed by atoms with Crippen LogP contribution in [0, 0.1) is 11.8 Å². The fourth-order valence-electron chi connectivity index (χ4n) is 0.834. The van der Waals surface area contributed by atoms with E-state index in [2.05, 4.69) is 17.3 Å². The maximum Gasteiger partial charge on any atom is 0.328 e. The Morgan fingerprint density at radius 1 is 1.89 bits per heavy atom. The van der Waals surface area contributed by atoms with Crippen molar-refractivity contribution in [3.8, 4) is 0 Å². The number of hydrogen-bond donors (Lipinski definition) is 1. The Morgan fingerprint density at radius 3 is 2.89 bits per heavy atom. The third-order valence-electron chi connectivity index (χ3n) is 1.56. The fraction of sp³-hybridized carbons (Fsp3) is 0.500. The third kappa shape index (κ3) is 1.10. The molecule has 3 nitrogen and oxygen atoms in total. The minimum Gasteiger partial charge on any atom is -0.373 e. The van der Waals surface area contributed by atoms with Gasteiger partial charge in [0.1, 0.15) is 0 Å². The molecule has 0 bridgehead atoms. The quantitative estimate of drug-likeness (QED) is 0.426. The van der Waals surface area contributed by atoms with Gasteiger partial charge in [-0.1, -0.05) is 6.08 Å². The van der Waals surface area contributed by atoms with E-state index in [4.69, 9.17) is 0 Å². The van der Waals surface area contributed by atoms with Crippen molar-refractivity contribution in [1.29, 1.82) is 0 Å². The zero-order valence-corrected chi connectivity index (χ0v) is 5.04. The summed E-state index contributed by atoms with van der Waals surface area (Å²) in [6.07, 6.45) is 2.60. The van der Waals surface area contributed by atoms with Crippen molar-refractivity contribution in [2.24, 2.45) is 17.7 Å². The molecule has 2 unspecified atom stereocenters. The highest BCUT2D eigenvalue weighted by Crippen LogP contribution is 2.39. The molecule has 1 saturated carbocycles. The second-order valence-corrected chi connectivity index (χ2v) is 2.18. The van der Waals surface area contributed by atoms with Gasteiger partial charge < -0.3 is 4.84 Å². The molecule has 1 fully saturated rings. The van der Waals surface area contributed by atoms with Crippen molar-refractivity contribution < 1.29 is 9.63 Å². The molecule has 1 aliphatic carbocycles. The average Bonchev–Trinajstić information content (AvgIpc) is 2.64. The van der Waals surface area contributed by atoms with Gasteiger partial charge in [0, 0.05) is 0 Å². The number of rotatable bonds is 2. The minimum atomic E-state index is -0.320. The number of allylic oxidation sites excluding steroid dienone is 1. The van der Waals surface area contributed by atoms with Gasteiger partial charge in [-0.25, -0.2) is 0 Å². The van der Waals surface area contributed by atoms with E-state index in [-0.39, 0.29) is 11.9 Å². The van der Waals surface area contributed by atoms with Crippen LogP contribution >= 0.6 is 0 Å². The molecule has 2 atom stereocenters. The molecule has 9 heavy (non-hydrogen) atoms. The van der Waals surface area contributed by atoms with Gasteiger partial charge in [-0.2, -0.15) is 5.90 Å². The summed E-state index contributed by atoms with van der Waals surface area (Å²) in [5, 5.41) is 0. The van der Waals surface area contributed by atoms with E-state index >= 15 is 0 Å². The minimum absolute atomic E-state index is 0.00694. The lowest BCUT2D eigenvalue weighted by Crippen LogP contribution is -2.12. The molecule has 0 saturated heterocycles. The van der Waals surface area contributed by atoms with Crippen LogP contribution in [0.25, 0.3) is 0 Å². The van der Waals surface area contributed by atoms with Gasteiger partial charge in [0.05, 0.1) is 5.92 Å². The van der Waals surface area contributed by atoms with Gasteiger partial charge in [0.2, 0.25) is 0 Å². The maximum absolute atomic E-state index is 10.5. The van der Waals surface area contributed by atoms with Crippen molar-refractivity contribution in [1.82, 2.24) is 0 Å². The standard InChI is InChI=1S/C6H9NO2/c1-2-4-3-5(4)6(8)9-7/h2,4-5H,1,3,7H2. The van der Waals surface area contributed by atoms with E-state index in [1.165, 1.54) is 0 Å². The van der Waals surface area contributed by atoms with E-state index in [0.717, 1.165) is 6.42 Å². The molecule has 0 aromatic carbocycles. The summed E-state index contributed by atoms with van der Waals surface area (Å²) in [5.41, 5.74) is 0. The number of carbonyl (C=O) groups is 1. The lowest BCUT2D eigenvalue weighted by Gasteiger charge is -1.90. The zero-order chi connectivity index (χ0) is 6.85. The van der Waals surface area contributed by atoms with Crippen LogP contribution in [0.1, 0.15) is 6.42 Å². The molecule has 0 spiro atoms. The first-order valence-electron chi connectivity index (χ1n) is 2.82. The second kappa shape index (κ2) is 2.19. The first-order valence-corrected chi connectivity index (χ1v) is 2.82. The van der Waals surface area contributed by atoms with Crippen molar-refractivity contribution in [3.63, 3.8) is 0 Å². The Kier molecular flexibility index (Phi) is 1.53. The summed E-state index contributed by atoms with van der Waals surface area (Å²) in [6.45, 7) is 3.54. The highest BCUT2D eigenvalue weighted by atomic mass is 16.7. The van der Waals surface area contributed by atoms with Crippen molar-refractivity contribution in [2.75, 3.05) is 0 Å². The summed E-state index contributed by atoms with van der Waals surface area (Å²) < 4.78 is 0. The molecule has 2 N–H and O–H groups in total. The van der Waals surface area contributed by atoms with Crippen LogP contribution < -0.4 is 5.90 Å². The van der Waals surface area contributed by atoms with Crippen molar-refractivity contribution in [3.05, 3.63) is 12.7 Å². The topological polar surface area (TPSA) is 52.3 Å². The number of hydrogen-bond acceptors (Lipinski definition) is 3. The Hall–Kier alpha value is -0.830. The highest BCUT2D eigenvalue weighted by molar-refractivity contribution is 5.75. The van der Waals surface area contributed by atoms with E-state index < -0.39 is 0 Å². The Labute approximate surface area is 53.4 Å². The lowest BCUT2D eigenvalue weighted by atomic mass is 10.3. The number of carbonyl (C=O) groups excluding carboxylic acids is 1. The van der Waals surface area contributed by atoms with Crippen LogP contribution in [0.5, 0.6) is 0 Å². The van der Waals surface area contributed by atoms with Gasteiger partial charge in [-0.3, -0.25) is 4.79 Å². The largest absolute Gasteiger partial charge is 0.373 e. The molecular weight excluding hydrogens is 118 g/mol. The van der Waals surface area contributed by atoms with Gasteiger partial charge in [0.15, 0.2) is 0 Å². The molecule has 1 aliphatic rings. The average molecular weight is 127 g/mol. The molecule has 1 rings (SSSR count). The van der Waals surface area contributed by atoms with Gasteiger partial charge in [-0.15, -0.1) is 6.58 Å². The van der Waals surface area contributed by atoms with Gasteiger partial charge in [0.25, 0.3) is 0 Å². The molecule has 0 aromatic rings. The molecule has 0 radical (unpaired) electrons. The molecule has 0 heterocycles. The monoisotopic (exact) mass is 127 g/mol. The Balaban J connectivity index is 2.33. The Morgan fingerprint density at radius 2 is 2.56 bits per heavy atom. The van der Waals surface area contributed by atoms with Gasteiger partial charge >= 0.3 is 5.97 Å². The van der Waals surface area contributed by atoms with E-state index in [1.807, 2.05) is 0 Å². The fourth-order valence-corrected chi connectivity index (χ4v) is 0.834. The summed E-state index contributed by atoms with van der Waals surface area (Å²) in [6, 6.07) is 0. The predicted octanol–water partition coefficient (Wildman–Crippen LogP) is 0.225. The molecular formula is C6H9NO2.